The summed E-state index contributed by atoms with van der Waals surface area (Å²) < 4.78 is 0. The van der Waals surface area contributed by atoms with Crippen LogP contribution in [-0.2, 0) is 0 Å². The topological polar surface area (TPSA) is 20.2 Å². The number of rotatable bonds is 0. The molecular weight excluding hydrogens is 148 g/mol. The first-order valence-electron chi connectivity index (χ1n) is 5.11. The molecule has 0 aliphatic heterocycles. The normalized spacial score (nSPS) is 41.8. The van der Waals surface area contributed by atoms with E-state index in [-0.39, 0.29) is 11.5 Å². The van der Waals surface area contributed by atoms with Gasteiger partial charge in [0.1, 0.15) is 0 Å². The van der Waals surface area contributed by atoms with Crippen LogP contribution < -0.4 is 0 Å². The van der Waals surface area contributed by atoms with Crippen LogP contribution in [0.2, 0.25) is 0 Å². The molecule has 1 nitrogen and oxygen atoms in total. The third-order valence-electron chi connectivity index (χ3n) is 3.68. The molecule has 0 unspecified atom stereocenters. The van der Waals surface area contributed by atoms with Gasteiger partial charge in [-0.3, -0.25) is 0 Å². The van der Waals surface area contributed by atoms with Gasteiger partial charge in [-0.15, -0.1) is 0 Å². The molecule has 1 saturated carbocycles. The summed E-state index contributed by atoms with van der Waals surface area (Å²) in [7, 11) is 0. The van der Waals surface area contributed by atoms with Gasteiger partial charge in [-0.25, -0.2) is 0 Å². The molecular formula is C11H18O. The Kier molecular flexibility index (Phi) is 1.99. The van der Waals surface area contributed by atoms with E-state index in [4.69, 9.17) is 0 Å². The molecule has 0 aromatic heterocycles. The van der Waals surface area contributed by atoms with Crippen LogP contribution in [0, 0.1) is 5.41 Å². The fourth-order valence-corrected chi connectivity index (χ4v) is 2.71. The Labute approximate surface area is 74.5 Å². The first kappa shape index (κ1) is 8.31. The van der Waals surface area contributed by atoms with Crippen LogP contribution in [0.1, 0.15) is 45.4 Å². The van der Waals surface area contributed by atoms with Crippen LogP contribution in [0.4, 0.5) is 0 Å². The van der Waals surface area contributed by atoms with Crippen LogP contribution in [0.25, 0.3) is 0 Å². The molecule has 0 amide bonds. The van der Waals surface area contributed by atoms with Crippen molar-refractivity contribution in [3.05, 3.63) is 11.6 Å². The van der Waals surface area contributed by atoms with E-state index in [1.165, 1.54) is 37.7 Å². The van der Waals surface area contributed by atoms with Gasteiger partial charge in [-0.05, 0) is 38.5 Å². The molecule has 1 N–H and O–H groups in total. The third kappa shape index (κ3) is 1.11. The average molecular weight is 166 g/mol. The van der Waals surface area contributed by atoms with E-state index in [0.29, 0.717) is 0 Å². The molecule has 2 atom stereocenters. The summed E-state index contributed by atoms with van der Waals surface area (Å²) in [4.78, 5) is 0. The van der Waals surface area contributed by atoms with Crippen LogP contribution in [0.5, 0.6) is 0 Å². The molecule has 0 bridgehead atoms. The third-order valence-corrected chi connectivity index (χ3v) is 3.68. The quantitative estimate of drug-likeness (QED) is 0.548. The molecule has 0 saturated heterocycles. The van der Waals surface area contributed by atoms with Crippen molar-refractivity contribution in [2.24, 2.45) is 5.41 Å². The molecule has 2 aliphatic carbocycles. The van der Waals surface area contributed by atoms with E-state index >= 15 is 0 Å². The molecule has 0 spiro atoms. The number of aliphatic hydroxyl groups is 1. The summed E-state index contributed by atoms with van der Waals surface area (Å²) >= 11 is 0. The Balaban J connectivity index is 2.28. The zero-order valence-electron chi connectivity index (χ0n) is 7.84. The number of fused-ring (bicyclic) bond motifs is 1. The van der Waals surface area contributed by atoms with Gasteiger partial charge in [0.25, 0.3) is 0 Å². The highest BCUT2D eigenvalue weighted by Gasteiger charge is 2.39. The van der Waals surface area contributed by atoms with Gasteiger partial charge in [0.2, 0.25) is 0 Å². The van der Waals surface area contributed by atoms with E-state index < -0.39 is 0 Å². The summed E-state index contributed by atoms with van der Waals surface area (Å²) in [6.07, 6.45) is 9.41. The lowest BCUT2D eigenvalue weighted by Gasteiger charge is -2.43. The van der Waals surface area contributed by atoms with Gasteiger partial charge in [-0.1, -0.05) is 18.6 Å². The van der Waals surface area contributed by atoms with E-state index in [1.807, 2.05) is 0 Å². The molecule has 12 heavy (non-hydrogen) atoms. The maximum Gasteiger partial charge on any atom is 0.0631 e. The monoisotopic (exact) mass is 166 g/mol. The van der Waals surface area contributed by atoms with Crippen molar-refractivity contribution in [2.75, 3.05) is 0 Å². The van der Waals surface area contributed by atoms with Gasteiger partial charge >= 0.3 is 0 Å². The lowest BCUT2D eigenvalue weighted by atomic mass is 9.64. The molecule has 0 aromatic rings. The minimum Gasteiger partial charge on any atom is -0.392 e. The van der Waals surface area contributed by atoms with Gasteiger partial charge in [0.05, 0.1) is 6.10 Å². The molecule has 2 rings (SSSR count). The minimum atomic E-state index is -0.0715. The first-order chi connectivity index (χ1) is 5.73. The maximum absolute atomic E-state index is 9.92. The maximum atomic E-state index is 9.92. The number of aliphatic hydroxyl groups excluding tert-OH is 1. The molecule has 2 aliphatic rings. The van der Waals surface area contributed by atoms with Gasteiger partial charge in [0.15, 0.2) is 0 Å². The molecule has 0 aromatic carbocycles. The van der Waals surface area contributed by atoms with Gasteiger partial charge < -0.3 is 5.11 Å². The smallest absolute Gasteiger partial charge is 0.0631 e. The predicted molar refractivity (Wildman–Crippen MR) is 49.9 cm³/mol. The highest BCUT2D eigenvalue weighted by atomic mass is 16.3. The second-order valence-corrected chi connectivity index (χ2v) is 4.45. The summed E-state index contributed by atoms with van der Waals surface area (Å²) in [6, 6.07) is 0. The van der Waals surface area contributed by atoms with E-state index in [0.717, 1.165) is 6.42 Å². The van der Waals surface area contributed by atoms with E-state index in [9.17, 15) is 5.11 Å². The Morgan fingerprint density at radius 1 is 1.50 bits per heavy atom. The predicted octanol–water partition coefficient (Wildman–Crippen LogP) is 2.65. The molecule has 0 heterocycles. The summed E-state index contributed by atoms with van der Waals surface area (Å²) in [5.74, 6) is 0. The Bertz CT molecular complexity index is 207. The SMILES string of the molecule is C[C@@]12CCCC=C1CCC[C@@H]2O. The summed E-state index contributed by atoms with van der Waals surface area (Å²) in [5, 5.41) is 9.92. The fourth-order valence-electron chi connectivity index (χ4n) is 2.71. The van der Waals surface area contributed by atoms with Crippen molar-refractivity contribution in [1.29, 1.82) is 0 Å². The zero-order chi connectivity index (χ0) is 8.60. The standard InChI is InChI=1S/C11H18O/c1-11-8-3-2-5-9(11)6-4-7-10(11)12/h5,10,12H,2-4,6-8H2,1H3/t10-,11+/m0/s1. The largest absolute Gasteiger partial charge is 0.392 e. The van der Waals surface area contributed by atoms with Crippen LogP contribution >= 0.6 is 0 Å². The Morgan fingerprint density at radius 3 is 3.08 bits per heavy atom. The second kappa shape index (κ2) is 2.88. The lowest BCUT2D eigenvalue weighted by molar-refractivity contribution is 0.0261. The van der Waals surface area contributed by atoms with Crippen LogP contribution in [-0.4, -0.2) is 11.2 Å². The first-order valence-corrected chi connectivity index (χ1v) is 5.11. The highest BCUT2D eigenvalue weighted by Crippen LogP contribution is 2.46. The minimum absolute atomic E-state index is 0.0715. The van der Waals surface area contributed by atoms with Crippen molar-refractivity contribution >= 4 is 0 Å². The zero-order valence-corrected chi connectivity index (χ0v) is 7.84. The number of hydrogen-bond acceptors (Lipinski definition) is 1. The van der Waals surface area contributed by atoms with Crippen molar-refractivity contribution < 1.29 is 5.11 Å². The molecule has 1 fully saturated rings. The number of hydrogen-bond donors (Lipinski definition) is 1. The molecule has 1 heteroatoms. The number of allylic oxidation sites excluding steroid dienone is 1. The van der Waals surface area contributed by atoms with Crippen molar-refractivity contribution in [3.8, 4) is 0 Å². The molecule has 68 valence electrons. The Hall–Kier alpha value is -0.300. The van der Waals surface area contributed by atoms with Crippen molar-refractivity contribution in [3.63, 3.8) is 0 Å². The van der Waals surface area contributed by atoms with Gasteiger partial charge in [-0.2, -0.15) is 0 Å². The van der Waals surface area contributed by atoms with E-state index in [1.54, 1.807) is 0 Å². The lowest BCUT2D eigenvalue weighted by Crippen LogP contribution is -2.38. The van der Waals surface area contributed by atoms with E-state index in [2.05, 4.69) is 13.0 Å². The Morgan fingerprint density at radius 2 is 2.33 bits per heavy atom. The molecule has 0 radical (unpaired) electrons. The summed E-state index contributed by atoms with van der Waals surface area (Å²) in [5.41, 5.74) is 1.68. The average Bonchev–Trinajstić information content (AvgIpc) is 2.07. The fraction of sp³-hybridized carbons (Fsp3) is 0.818. The summed E-state index contributed by atoms with van der Waals surface area (Å²) in [6.45, 7) is 2.24. The van der Waals surface area contributed by atoms with Crippen LogP contribution in [0.15, 0.2) is 11.6 Å². The van der Waals surface area contributed by atoms with Crippen LogP contribution in [0.3, 0.4) is 0 Å². The van der Waals surface area contributed by atoms with Crippen molar-refractivity contribution in [2.45, 2.75) is 51.6 Å². The van der Waals surface area contributed by atoms with Gasteiger partial charge in [0, 0.05) is 5.41 Å². The highest BCUT2D eigenvalue weighted by molar-refractivity contribution is 5.20. The van der Waals surface area contributed by atoms with Crippen molar-refractivity contribution in [1.82, 2.24) is 0 Å². The second-order valence-electron chi connectivity index (χ2n) is 4.45.